The van der Waals surface area contributed by atoms with Crippen LogP contribution in [0.15, 0.2) is 0 Å². The van der Waals surface area contributed by atoms with Crippen molar-refractivity contribution >= 4 is 5.91 Å². The molecular formula is C10H17N3O. The van der Waals surface area contributed by atoms with E-state index in [0.29, 0.717) is 0 Å². The van der Waals surface area contributed by atoms with Gasteiger partial charge < -0.3 is 5.73 Å². The van der Waals surface area contributed by atoms with Crippen LogP contribution in [0.25, 0.3) is 0 Å². The van der Waals surface area contributed by atoms with E-state index >= 15 is 0 Å². The minimum Gasteiger partial charge on any atom is -0.368 e. The van der Waals surface area contributed by atoms with E-state index in [1.165, 1.54) is 0 Å². The highest BCUT2D eigenvalue weighted by atomic mass is 16.1. The highest BCUT2D eigenvalue weighted by molar-refractivity contribution is 5.79. The van der Waals surface area contributed by atoms with Gasteiger partial charge >= 0.3 is 0 Å². The average Bonchev–Trinajstić information content (AvgIpc) is 2.18. The van der Waals surface area contributed by atoms with Crippen molar-refractivity contribution in [2.45, 2.75) is 32.7 Å². The smallest absolute Gasteiger partial charge is 0.234 e. The van der Waals surface area contributed by atoms with Crippen molar-refractivity contribution in [2.75, 3.05) is 13.1 Å². The van der Waals surface area contributed by atoms with Crippen molar-refractivity contribution in [3.63, 3.8) is 0 Å². The fraction of sp³-hybridized carbons (Fsp3) is 0.800. The standard InChI is InChI=1S/C10H17N3O/c1-8(9(12)14)13-5-3-10(2,7-11)4-6-13/h8H,3-6H2,1-2H3,(H2,12,14). The monoisotopic (exact) mass is 195 g/mol. The molecule has 2 N–H and O–H groups in total. The number of hydrogen-bond acceptors (Lipinski definition) is 3. The van der Waals surface area contributed by atoms with Crippen molar-refractivity contribution in [2.24, 2.45) is 11.1 Å². The zero-order valence-corrected chi connectivity index (χ0v) is 8.79. The van der Waals surface area contributed by atoms with Gasteiger partial charge in [0.05, 0.1) is 17.5 Å². The van der Waals surface area contributed by atoms with E-state index in [4.69, 9.17) is 11.0 Å². The highest BCUT2D eigenvalue weighted by Crippen LogP contribution is 2.30. The van der Waals surface area contributed by atoms with Crippen LogP contribution in [0.3, 0.4) is 0 Å². The Morgan fingerprint density at radius 2 is 2.07 bits per heavy atom. The summed E-state index contributed by atoms with van der Waals surface area (Å²) in [5.74, 6) is -0.287. The molecule has 1 aliphatic rings. The summed E-state index contributed by atoms with van der Waals surface area (Å²) in [4.78, 5) is 13.0. The van der Waals surface area contributed by atoms with Gasteiger partial charge in [-0.3, -0.25) is 9.69 Å². The minimum atomic E-state index is -0.287. The number of nitriles is 1. The molecule has 78 valence electrons. The summed E-state index contributed by atoms with van der Waals surface area (Å²) >= 11 is 0. The maximum atomic E-state index is 10.9. The molecule has 0 aliphatic carbocycles. The highest BCUT2D eigenvalue weighted by Gasteiger charge is 2.32. The molecule has 0 aromatic heterocycles. The van der Waals surface area contributed by atoms with Crippen molar-refractivity contribution in [3.8, 4) is 6.07 Å². The van der Waals surface area contributed by atoms with E-state index in [2.05, 4.69) is 6.07 Å². The van der Waals surface area contributed by atoms with Gasteiger partial charge in [-0.1, -0.05) is 0 Å². The largest absolute Gasteiger partial charge is 0.368 e. The molecule has 1 heterocycles. The van der Waals surface area contributed by atoms with Gasteiger partial charge in [0.15, 0.2) is 0 Å². The van der Waals surface area contributed by atoms with Gasteiger partial charge in [0.25, 0.3) is 0 Å². The molecule has 0 saturated carbocycles. The van der Waals surface area contributed by atoms with Crippen LogP contribution < -0.4 is 5.73 Å². The molecule has 0 spiro atoms. The molecule has 1 unspecified atom stereocenters. The van der Waals surface area contributed by atoms with E-state index in [1.54, 1.807) is 0 Å². The molecule has 1 saturated heterocycles. The first kappa shape index (κ1) is 11.0. The second-order valence-electron chi connectivity index (χ2n) is 4.29. The Morgan fingerprint density at radius 3 is 2.43 bits per heavy atom. The summed E-state index contributed by atoms with van der Waals surface area (Å²) in [6, 6.07) is 2.12. The van der Waals surface area contributed by atoms with Gasteiger partial charge in [-0.05, 0) is 26.7 Å². The Labute approximate surface area is 84.7 Å². The summed E-state index contributed by atoms with van der Waals surface area (Å²) < 4.78 is 0. The van der Waals surface area contributed by atoms with Crippen molar-refractivity contribution < 1.29 is 4.79 Å². The third-order valence-corrected chi connectivity index (χ3v) is 3.13. The maximum absolute atomic E-state index is 10.9. The predicted molar refractivity (Wildman–Crippen MR) is 53.2 cm³/mol. The van der Waals surface area contributed by atoms with Gasteiger partial charge in [-0.15, -0.1) is 0 Å². The maximum Gasteiger partial charge on any atom is 0.234 e. The molecular weight excluding hydrogens is 178 g/mol. The molecule has 1 atom stereocenters. The molecule has 1 aliphatic heterocycles. The third kappa shape index (κ3) is 2.24. The Balaban J connectivity index is 2.52. The van der Waals surface area contributed by atoms with Gasteiger partial charge in [0.1, 0.15) is 0 Å². The van der Waals surface area contributed by atoms with Crippen LogP contribution in [0.2, 0.25) is 0 Å². The van der Waals surface area contributed by atoms with Crippen LogP contribution in [0, 0.1) is 16.7 Å². The van der Waals surface area contributed by atoms with Crippen LogP contribution in [0.4, 0.5) is 0 Å². The molecule has 0 aromatic carbocycles. The molecule has 4 heteroatoms. The molecule has 4 nitrogen and oxygen atoms in total. The van der Waals surface area contributed by atoms with Crippen LogP contribution in [-0.4, -0.2) is 29.9 Å². The number of amides is 1. The Morgan fingerprint density at radius 1 is 1.57 bits per heavy atom. The predicted octanol–water partition coefficient (Wildman–Crippen LogP) is 0.486. The SMILES string of the molecule is CC(C(N)=O)N1CCC(C)(C#N)CC1. The number of carbonyl (C=O) groups excluding carboxylic acids is 1. The van der Waals surface area contributed by atoms with E-state index in [1.807, 2.05) is 18.7 Å². The first-order valence-electron chi connectivity index (χ1n) is 4.93. The number of carbonyl (C=O) groups is 1. The van der Waals surface area contributed by atoms with Crippen LogP contribution in [-0.2, 0) is 4.79 Å². The lowest BCUT2D eigenvalue weighted by Crippen LogP contribution is -2.48. The Kier molecular flexibility index (Phi) is 3.12. The average molecular weight is 195 g/mol. The lowest BCUT2D eigenvalue weighted by molar-refractivity contribution is -0.123. The van der Waals surface area contributed by atoms with Gasteiger partial charge in [-0.25, -0.2) is 0 Å². The molecule has 1 fully saturated rings. The number of nitrogens with zero attached hydrogens (tertiary/aromatic N) is 2. The fourth-order valence-electron chi connectivity index (χ4n) is 1.70. The minimum absolute atomic E-state index is 0.210. The van der Waals surface area contributed by atoms with Gasteiger partial charge in [-0.2, -0.15) is 5.26 Å². The number of rotatable bonds is 2. The summed E-state index contributed by atoms with van der Waals surface area (Å²) in [7, 11) is 0. The molecule has 1 rings (SSSR count). The molecule has 1 amide bonds. The first-order valence-corrected chi connectivity index (χ1v) is 4.93. The molecule has 0 aromatic rings. The zero-order chi connectivity index (χ0) is 10.8. The van der Waals surface area contributed by atoms with Gasteiger partial charge in [0.2, 0.25) is 5.91 Å². The van der Waals surface area contributed by atoms with E-state index in [0.717, 1.165) is 25.9 Å². The molecule has 0 radical (unpaired) electrons. The first-order chi connectivity index (χ1) is 6.48. The summed E-state index contributed by atoms with van der Waals surface area (Å²) in [6.45, 7) is 5.36. The Hall–Kier alpha value is -1.08. The lowest BCUT2D eigenvalue weighted by atomic mass is 9.81. The zero-order valence-electron chi connectivity index (χ0n) is 8.79. The number of nitrogens with two attached hydrogens (primary N) is 1. The molecule has 0 bridgehead atoms. The lowest BCUT2D eigenvalue weighted by Gasteiger charge is -2.37. The van der Waals surface area contributed by atoms with Crippen molar-refractivity contribution in [1.29, 1.82) is 5.26 Å². The van der Waals surface area contributed by atoms with Crippen LogP contribution >= 0.6 is 0 Å². The summed E-state index contributed by atoms with van der Waals surface area (Å²) in [6.07, 6.45) is 1.64. The third-order valence-electron chi connectivity index (χ3n) is 3.13. The fourth-order valence-corrected chi connectivity index (χ4v) is 1.70. The van der Waals surface area contributed by atoms with Crippen molar-refractivity contribution in [1.82, 2.24) is 4.90 Å². The van der Waals surface area contributed by atoms with E-state index in [9.17, 15) is 4.79 Å². The summed E-state index contributed by atoms with van der Waals surface area (Å²) in [5, 5.41) is 8.92. The Bertz CT molecular complexity index is 261. The van der Waals surface area contributed by atoms with Crippen molar-refractivity contribution in [3.05, 3.63) is 0 Å². The van der Waals surface area contributed by atoms with Crippen LogP contribution in [0.1, 0.15) is 26.7 Å². The van der Waals surface area contributed by atoms with Gasteiger partial charge in [0, 0.05) is 13.1 Å². The number of likely N-dealkylation sites (tertiary alicyclic amines) is 1. The molecule has 14 heavy (non-hydrogen) atoms. The number of hydrogen-bond donors (Lipinski definition) is 1. The van der Waals surface area contributed by atoms with E-state index < -0.39 is 0 Å². The summed E-state index contributed by atoms with van der Waals surface area (Å²) in [5.41, 5.74) is 5.01. The normalized spacial score (nSPS) is 23.8. The number of piperidine rings is 1. The topological polar surface area (TPSA) is 70.1 Å². The van der Waals surface area contributed by atoms with E-state index in [-0.39, 0.29) is 17.4 Å². The van der Waals surface area contributed by atoms with Crippen LogP contribution in [0.5, 0.6) is 0 Å². The second kappa shape index (κ2) is 3.97. The number of primary amides is 1. The second-order valence-corrected chi connectivity index (χ2v) is 4.29. The quantitative estimate of drug-likeness (QED) is 0.697.